The molecule has 1 saturated carbocycles. The second kappa shape index (κ2) is 4.70. The first-order chi connectivity index (χ1) is 9.85. The van der Waals surface area contributed by atoms with Gasteiger partial charge in [-0.25, -0.2) is 4.39 Å². The van der Waals surface area contributed by atoms with E-state index in [0.29, 0.717) is 0 Å². The minimum Gasteiger partial charge on any atom is -0.494 e. The third kappa shape index (κ3) is 2.29. The van der Waals surface area contributed by atoms with Crippen LogP contribution in [0.25, 0.3) is 0 Å². The molecular formula is C16H21FN2O2. The summed E-state index contributed by atoms with van der Waals surface area (Å²) < 4.78 is 18.9. The third-order valence-corrected chi connectivity index (χ3v) is 4.60. The molecule has 114 valence electrons. The Bertz CT molecular complexity index is 588. The number of benzene rings is 1. The molecule has 0 radical (unpaired) electrons. The lowest BCUT2D eigenvalue weighted by Crippen LogP contribution is -2.34. The van der Waals surface area contributed by atoms with Gasteiger partial charge in [0.1, 0.15) is 6.17 Å². The zero-order valence-corrected chi connectivity index (χ0v) is 12.8. The average Bonchev–Trinajstić information content (AvgIpc) is 2.94. The maximum Gasteiger partial charge on any atom is 0.241 e. The number of carbonyl (C=O) groups is 1. The first-order valence-electron chi connectivity index (χ1n) is 7.27. The zero-order chi connectivity index (χ0) is 15.4. The molecule has 4 nitrogen and oxygen atoms in total. The van der Waals surface area contributed by atoms with E-state index in [9.17, 15) is 9.18 Å². The van der Waals surface area contributed by atoms with Gasteiger partial charge in [-0.1, -0.05) is 19.9 Å². The SMILES string of the molecule is COc1ccc(C2NC(C)C(=O)N2C2CC2(C)C)cc1F. The van der Waals surface area contributed by atoms with E-state index in [2.05, 4.69) is 19.2 Å². The van der Waals surface area contributed by atoms with Gasteiger partial charge in [0.05, 0.1) is 13.2 Å². The number of nitrogens with one attached hydrogen (secondary N) is 1. The molecule has 0 spiro atoms. The number of halogens is 1. The van der Waals surface area contributed by atoms with Gasteiger partial charge >= 0.3 is 0 Å². The lowest BCUT2D eigenvalue weighted by molar-refractivity contribution is -0.130. The van der Waals surface area contributed by atoms with Crippen LogP contribution in [0, 0.1) is 11.2 Å². The maximum absolute atomic E-state index is 13.9. The fourth-order valence-corrected chi connectivity index (χ4v) is 3.10. The highest BCUT2D eigenvalue weighted by molar-refractivity contribution is 5.85. The van der Waals surface area contributed by atoms with Gasteiger partial charge in [-0.3, -0.25) is 10.1 Å². The third-order valence-electron chi connectivity index (χ3n) is 4.60. The second-order valence-electron chi connectivity index (χ2n) is 6.64. The van der Waals surface area contributed by atoms with Gasteiger partial charge in [-0.05, 0) is 36.5 Å². The zero-order valence-electron chi connectivity index (χ0n) is 12.8. The molecule has 1 heterocycles. The van der Waals surface area contributed by atoms with E-state index in [1.807, 2.05) is 17.9 Å². The van der Waals surface area contributed by atoms with Gasteiger partial charge in [0, 0.05) is 6.04 Å². The monoisotopic (exact) mass is 292 g/mol. The number of hydrogen-bond acceptors (Lipinski definition) is 3. The van der Waals surface area contributed by atoms with Crippen molar-refractivity contribution in [2.24, 2.45) is 5.41 Å². The average molecular weight is 292 g/mol. The molecule has 0 aromatic heterocycles. The van der Waals surface area contributed by atoms with Crippen molar-refractivity contribution < 1.29 is 13.9 Å². The van der Waals surface area contributed by atoms with Crippen LogP contribution in [0.4, 0.5) is 4.39 Å². The van der Waals surface area contributed by atoms with Gasteiger partial charge in [0.2, 0.25) is 5.91 Å². The van der Waals surface area contributed by atoms with E-state index in [1.165, 1.54) is 13.2 Å². The smallest absolute Gasteiger partial charge is 0.241 e. The number of carbonyl (C=O) groups excluding carboxylic acids is 1. The van der Waals surface area contributed by atoms with E-state index in [0.717, 1.165) is 12.0 Å². The summed E-state index contributed by atoms with van der Waals surface area (Å²) >= 11 is 0. The van der Waals surface area contributed by atoms with Crippen molar-refractivity contribution in [3.05, 3.63) is 29.6 Å². The molecule has 3 unspecified atom stereocenters. The Morgan fingerprint density at radius 2 is 2.10 bits per heavy atom. The quantitative estimate of drug-likeness (QED) is 0.930. The predicted octanol–water partition coefficient (Wildman–Crippen LogP) is 2.45. The number of methoxy groups -OCH3 is 1. The Hall–Kier alpha value is -1.62. The highest BCUT2D eigenvalue weighted by Crippen LogP contribution is 2.52. The first-order valence-corrected chi connectivity index (χ1v) is 7.27. The van der Waals surface area contributed by atoms with E-state index in [1.54, 1.807) is 6.07 Å². The van der Waals surface area contributed by atoms with Crippen LogP contribution in [0.2, 0.25) is 0 Å². The summed E-state index contributed by atoms with van der Waals surface area (Å²) in [5.74, 6) is -0.0972. The number of hydrogen-bond donors (Lipinski definition) is 1. The van der Waals surface area contributed by atoms with Gasteiger partial charge in [-0.2, -0.15) is 0 Å². The molecule has 1 N–H and O–H groups in total. The summed E-state index contributed by atoms with van der Waals surface area (Å²) in [4.78, 5) is 14.3. The molecule has 1 saturated heterocycles. The molecule has 2 fully saturated rings. The molecule has 21 heavy (non-hydrogen) atoms. The van der Waals surface area contributed by atoms with E-state index in [4.69, 9.17) is 4.74 Å². The van der Waals surface area contributed by atoms with Crippen LogP contribution in [0.15, 0.2) is 18.2 Å². The van der Waals surface area contributed by atoms with Crippen LogP contribution >= 0.6 is 0 Å². The van der Waals surface area contributed by atoms with Crippen molar-refractivity contribution >= 4 is 5.91 Å². The maximum atomic E-state index is 13.9. The minimum atomic E-state index is -0.404. The second-order valence-corrected chi connectivity index (χ2v) is 6.64. The molecule has 1 aromatic rings. The first kappa shape index (κ1) is 14.3. The molecule has 1 aliphatic carbocycles. The lowest BCUT2D eigenvalue weighted by Gasteiger charge is -2.26. The number of amides is 1. The Morgan fingerprint density at radius 3 is 2.62 bits per heavy atom. The Labute approximate surface area is 124 Å². The highest BCUT2D eigenvalue weighted by atomic mass is 19.1. The largest absolute Gasteiger partial charge is 0.494 e. The Kier molecular flexibility index (Phi) is 3.20. The molecular weight excluding hydrogens is 271 g/mol. The fourth-order valence-electron chi connectivity index (χ4n) is 3.10. The van der Waals surface area contributed by atoms with Crippen molar-refractivity contribution in [1.82, 2.24) is 10.2 Å². The van der Waals surface area contributed by atoms with Gasteiger partial charge in [0.25, 0.3) is 0 Å². The Morgan fingerprint density at radius 1 is 1.43 bits per heavy atom. The Balaban J connectivity index is 1.93. The summed E-state index contributed by atoms with van der Waals surface area (Å²) in [5.41, 5.74) is 0.902. The van der Waals surface area contributed by atoms with Gasteiger partial charge in [0.15, 0.2) is 11.6 Å². The van der Waals surface area contributed by atoms with E-state index in [-0.39, 0.29) is 35.3 Å². The lowest BCUT2D eigenvalue weighted by atomic mass is 10.1. The van der Waals surface area contributed by atoms with Crippen molar-refractivity contribution in [2.75, 3.05) is 7.11 Å². The van der Waals surface area contributed by atoms with Crippen LogP contribution in [0.3, 0.4) is 0 Å². The topological polar surface area (TPSA) is 41.6 Å². The molecule has 3 rings (SSSR count). The molecule has 1 aliphatic heterocycles. The van der Waals surface area contributed by atoms with Crippen molar-refractivity contribution in [3.8, 4) is 5.75 Å². The van der Waals surface area contributed by atoms with Crippen molar-refractivity contribution in [1.29, 1.82) is 0 Å². The predicted molar refractivity (Wildman–Crippen MR) is 77.3 cm³/mol. The number of ether oxygens (including phenoxy) is 1. The van der Waals surface area contributed by atoms with Crippen LogP contribution in [0.1, 0.15) is 38.9 Å². The van der Waals surface area contributed by atoms with Crippen LogP contribution < -0.4 is 10.1 Å². The highest BCUT2D eigenvalue weighted by Gasteiger charge is 2.55. The van der Waals surface area contributed by atoms with E-state index >= 15 is 0 Å². The minimum absolute atomic E-state index is 0.0896. The summed E-state index contributed by atoms with van der Waals surface area (Å²) in [6.07, 6.45) is 0.724. The van der Waals surface area contributed by atoms with Crippen LogP contribution in [0.5, 0.6) is 5.75 Å². The standard InChI is InChI=1S/C16H21FN2O2/c1-9-15(20)19(13-8-16(13,2)3)14(18-9)10-5-6-12(21-4)11(17)7-10/h5-7,9,13-14,18H,8H2,1-4H3. The van der Waals surface area contributed by atoms with Crippen molar-refractivity contribution in [2.45, 2.75) is 45.4 Å². The van der Waals surface area contributed by atoms with Crippen LogP contribution in [-0.2, 0) is 4.79 Å². The summed E-state index contributed by atoms with van der Waals surface area (Å²) in [5, 5.41) is 3.26. The summed E-state index contributed by atoms with van der Waals surface area (Å²) in [7, 11) is 1.44. The molecule has 1 aromatic carbocycles. The van der Waals surface area contributed by atoms with E-state index < -0.39 is 5.82 Å². The van der Waals surface area contributed by atoms with Gasteiger partial charge in [-0.15, -0.1) is 0 Å². The summed E-state index contributed by atoms with van der Waals surface area (Å²) in [6, 6.07) is 4.85. The molecule has 3 atom stereocenters. The molecule has 2 aliphatic rings. The van der Waals surface area contributed by atoms with Gasteiger partial charge < -0.3 is 9.64 Å². The van der Waals surface area contributed by atoms with Crippen LogP contribution in [-0.4, -0.2) is 30.0 Å². The molecule has 5 heteroatoms. The molecule has 1 amide bonds. The normalized spacial score (nSPS) is 30.6. The fraction of sp³-hybridized carbons (Fsp3) is 0.562. The van der Waals surface area contributed by atoms with Crippen molar-refractivity contribution in [3.63, 3.8) is 0 Å². The number of nitrogens with zero attached hydrogens (tertiary/aromatic N) is 1. The molecule has 0 bridgehead atoms. The number of rotatable bonds is 3. The summed E-state index contributed by atoms with van der Waals surface area (Å²) in [6.45, 7) is 6.16.